The molecule has 0 bridgehead atoms. The number of hydrogen-bond donors (Lipinski definition) is 1. The number of nitrogens with zero attached hydrogens (tertiary/aromatic N) is 1. The molecular formula is C14H11F4NO. The van der Waals surface area contributed by atoms with Crippen LogP contribution in [0, 0.1) is 12.7 Å². The van der Waals surface area contributed by atoms with Crippen molar-refractivity contribution < 1.29 is 22.7 Å². The molecule has 1 aromatic heterocycles. The fraction of sp³-hybridized carbons (Fsp3) is 0.214. The Kier molecular flexibility index (Phi) is 3.76. The summed E-state index contributed by atoms with van der Waals surface area (Å²) in [5.74, 6) is -1.41. The van der Waals surface area contributed by atoms with Gasteiger partial charge in [0, 0.05) is 17.5 Å². The van der Waals surface area contributed by atoms with Crippen LogP contribution >= 0.6 is 0 Å². The van der Waals surface area contributed by atoms with Gasteiger partial charge in [0.1, 0.15) is 11.9 Å². The minimum atomic E-state index is -4.75. The maximum atomic E-state index is 13.4. The number of rotatable bonds is 2. The second-order valence-electron chi connectivity index (χ2n) is 4.37. The standard InChI is InChI=1S/C14H11F4NO/c1-8-2-3-10(7-19-8)13(20)9-4-5-11(12(15)6-9)14(16,17)18/h2-7,13,20H,1H3. The summed E-state index contributed by atoms with van der Waals surface area (Å²) in [7, 11) is 0. The van der Waals surface area contributed by atoms with Gasteiger partial charge in [0.15, 0.2) is 0 Å². The molecule has 0 aliphatic heterocycles. The topological polar surface area (TPSA) is 33.1 Å². The molecule has 0 saturated carbocycles. The number of hydrogen-bond acceptors (Lipinski definition) is 2. The van der Waals surface area contributed by atoms with Crippen molar-refractivity contribution in [3.8, 4) is 0 Å². The highest BCUT2D eigenvalue weighted by atomic mass is 19.4. The van der Waals surface area contributed by atoms with Crippen LogP contribution in [0.25, 0.3) is 0 Å². The molecule has 0 saturated heterocycles. The summed E-state index contributed by atoms with van der Waals surface area (Å²) in [5, 5.41) is 10.0. The summed E-state index contributed by atoms with van der Waals surface area (Å²) >= 11 is 0. The van der Waals surface area contributed by atoms with Gasteiger partial charge in [-0.1, -0.05) is 12.1 Å². The first-order valence-corrected chi connectivity index (χ1v) is 5.76. The largest absolute Gasteiger partial charge is 0.419 e. The number of aliphatic hydroxyl groups excluding tert-OH is 1. The number of benzene rings is 1. The fourth-order valence-electron chi connectivity index (χ4n) is 1.76. The van der Waals surface area contributed by atoms with Gasteiger partial charge in [-0.15, -0.1) is 0 Å². The van der Waals surface area contributed by atoms with Crippen LogP contribution in [-0.4, -0.2) is 10.1 Å². The lowest BCUT2D eigenvalue weighted by Crippen LogP contribution is -2.09. The second-order valence-corrected chi connectivity index (χ2v) is 4.37. The highest BCUT2D eigenvalue weighted by Crippen LogP contribution is 2.33. The molecule has 1 N–H and O–H groups in total. The molecular weight excluding hydrogens is 274 g/mol. The van der Waals surface area contributed by atoms with E-state index in [-0.39, 0.29) is 5.56 Å². The van der Waals surface area contributed by atoms with Crippen molar-refractivity contribution in [2.75, 3.05) is 0 Å². The summed E-state index contributed by atoms with van der Waals surface area (Å²) in [5.41, 5.74) is -0.189. The van der Waals surface area contributed by atoms with Crippen molar-refractivity contribution in [2.24, 2.45) is 0 Å². The normalized spacial score (nSPS) is 13.3. The van der Waals surface area contributed by atoms with E-state index in [2.05, 4.69) is 4.98 Å². The number of aliphatic hydroxyl groups is 1. The van der Waals surface area contributed by atoms with Gasteiger partial charge < -0.3 is 5.11 Å². The quantitative estimate of drug-likeness (QED) is 0.855. The lowest BCUT2D eigenvalue weighted by Gasteiger charge is -2.14. The summed E-state index contributed by atoms with van der Waals surface area (Å²) in [6.45, 7) is 1.76. The molecule has 2 rings (SSSR count). The van der Waals surface area contributed by atoms with Crippen LogP contribution < -0.4 is 0 Å². The molecule has 0 spiro atoms. The van der Waals surface area contributed by atoms with Crippen molar-refractivity contribution >= 4 is 0 Å². The Morgan fingerprint density at radius 2 is 1.75 bits per heavy atom. The number of aromatic nitrogens is 1. The molecule has 2 aromatic rings. The number of halogens is 4. The Hall–Kier alpha value is -1.95. The maximum Gasteiger partial charge on any atom is 0.419 e. The second kappa shape index (κ2) is 5.20. The third kappa shape index (κ3) is 2.96. The van der Waals surface area contributed by atoms with Crippen LogP contribution in [-0.2, 0) is 6.18 Å². The van der Waals surface area contributed by atoms with Crippen LogP contribution in [0.1, 0.15) is 28.5 Å². The average molecular weight is 285 g/mol. The predicted octanol–water partition coefficient (Wildman–Crippen LogP) is 3.63. The van der Waals surface area contributed by atoms with E-state index < -0.39 is 23.7 Å². The van der Waals surface area contributed by atoms with Gasteiger partial charge in [0.25, 0.3) is 0 Å². The molecule has 2 nitrogen and oxygen atoms in total. The van der Waals surface area contributed by atoms with Crippen LogP contribution in [0.4, 0.5) is 17.6 Å². The third-order valence-corrected chi connectivity index (χ3v) is 2.86. The summed E-state index contributed by atoms with van der Waals surface area (Å²) in [4.78, 5) is 3.97. The van der Waals surface area contributed by atoms with Gasteiger partial charge in [0.05, 0.1) is 5.56 Å². The number of pyridine rings is 1. The Bertz CT molecular complexity index is 608. The third-order valence-electron chi connectivity index (χ3n) is 2.86. The van der Waals surface area contributed by atoms with E-state index in [1.54, 1.807) is 19.1 Å². The van der Waals surface area contributed by atoms with Gasteiger partial charge in [0.2, 0.25) is 0 Å². The first kappa shape index (κ1) is 14.5. The summed E-state index contributed by atoms with van der Waals surface area (Å²) < 4.78 is 50.7. The smallest absolute Gasteiger partial charge is 0.384 e. The van der Waals surface area contributed by atoms with Crippen molar-refractivity contribution in [2.45, 2.75) is 19.2 Å². The van der Waals surface area contributed by atoms with E-state index in [0.29, 0.717) is 17.7 Å². The predicted molar refractivity (Wildman–Crippen MR) is 64.4 cm³/mol. The molecule has 6 heteroatoms. The van der Waals surface area contributed by atoms with Crippen LogP contribution in [0.3, 0.4) is 0 Å². The molecule has 1 unspecified atom stereocenters. The molecule has 106 valence electrons. The van der Waals surface area contributed by atoms with Crippen molar-refractivity contribution in [1.82, 2.24) is 4.98 Å². The molecule has 1 heterocycles. The van der Waals surface area contributed by atoms with E-state index in [1.165, 1.54) is 6.20 Å². The van der Waals surface area contributed by atoms with Crippen molar-refractivity contribution in [3.05, 3.63) is 64.7 Å². The van der Waals surface area contributed by atoms with Crippen LogP contribution in [0.5, 0.6) is 0 Å². The Balaban J connectivity index is 2.34. The van der Waals surface area contributed by atoms with Crippen molar-refractivity contribution in [1.29, 1.82) is 0 Å². The minimum absolute atomic E-state index is 0.0427. The fourth-order valence-corrected chi connectivity index (χ4v) is 1.76. The van der Waals surface area contributed by atoms with E-state index in [4.69, 9.17) is 0 Å². The summed E-state index contributed by atoms with van der Waals surface area (Å²) in [6.07, 6.45) is -4.57. The highest BCUT2D eigenvalue weighted by Gasteiger charge is 2.34. The van der Waals surface area contributed by atoms with Gasteiger partial charge in [-0.3, -0.25) is 4.98 Å². The Morgan fingerprint density at radius 3 is 2.25 bits per heavy atom. The van der Waals surface area contributed by atoms with E-state index in [9.17, 15) is 22.7 Å². The lowest BCUT2D eigenvalue weighted by molar-refractivity contribution is -0.140. The first-order valence-electron chi connectivity index (χ1n) is 5.76. The average Bonchev–Trinajstić information content (AvgIpc) is 2.37. The van der Waals surface area contributed by atoms with Gasteiger partial charge in [-0.25, -0.2) is 4.39 Å². The summed E-state index contributed by atoms with van der Waals surface area (Å²) in [6, 6.07) is 5.60. The van der Waals surface area contributed by atoms with Gasteiger partial charge in [-0.2, -0.15) is 13.2 Å². The Morgan fingerprint density at radius 1 is 1.10 bits per heavy atom. The van der Waals surface area contributed by atoms with Crippen LogP contribution in [0.2, 0.25) is 0 Å². The van der Waals surface area contributed by atoms with Gasteiger partial charge >= 0.3 is 6.18 Å². The lowest BCUT2D eigenvalue weighted by atomic mass is 10.0. The molecule has 20 heavy (non-hydrogen) atoms. The maximum absolute atomic E-state index is 13.4. The van der Waals surface area contributed by atoms with E-state index in [0.717, 1.165) is 11.8 Å². The monoisotopic (exact) mass is 285 g/mol. The minimum Gasteiger partial charge on any atom is -0.384 e. The SMILES string of the molecule is Cc1ccc(C(O)c2ccc(C(F)(F)F)c(F)c2)cn1. The first-order chi connectivity index (χ1) is 9.29. The zero-order chi connectivity index (χ0) is 14.9. The molecule has 1 aromatic carbocycles. The molecule has 0 fully saturated rings. The van der Waals surface area contributed by atoms with Crippen molar-refractivity contribution in [3.63, 3.8) is 0 Å². The zero-order valence-corrected chi connectivity index (χ0v) is 10.4. The number of alkyl halides is 3. The number of aryl methyl sites for hydroxylation is 1. The molecule has 0 aliphatic carbocycles. The molecule has 1 atom stereocenters. The molecule has 0 amide bonds. The van der Waals surface area contributed by atoms with E-state index >= 15 is 0 Å². The Labute approximate surface area is 112 Å². The molecule has 0 aliphatic rings. The van der Waals surface area contributed by atoms with Gasteiger partial charge in [-0.05, 0) is 30.7 Å². The van der Waals surface area contributed by atoms with E-state index in [1.807, 2.05) is 0 Å². The van der Waals surface area contributed by atoms with Crippen LogP contribution in [0.15, 0.2) is 36.5 Å². The zero-order valence-electron chi connectivity index (χ0n) is 10.4. The molecule has 0 radical (unpaired) electrons. The highest BCUT2D eigenvalue weighted by molar-refractivity contribution is 5.33.